The highest BCUT2D eigenvalue weighted by Crippen LogP contribution is 2.45. The van der Waals surface area contributed by atoms with Crippen molar-refractivity contribution in [2.45, 2.75) is 90.4 Å². The molecule has 0 bridgehead atoms. The molecule has 0 N–H and O–H groups in total. The Morgan fingerprint density at radius 1 is 0.765 bits per heavy atom. The fraction of sp³-hybridized carbons (Fsp3) is 0.941. The van der Waals surface area contributed by atoms with Gasteiger partial charge in [0.1, 0.15) is 0 Å². The van der Waals surface area contributed by atoms with Crippen LogP contribution in [-0.4, -0.2) is 0 Å². The monoisotopic (exact) mass is 237 g/mol. The summed E-state index contributed by atoms with van der Waals surface area (Å²) in [6, 6.07) is 0. The first kappa shape index (κ1) is 15.1. The van der Waals surface area contributed by atoms with Gasteiger partial charge in [-0.3, -0.25) is 0 Å². The number of hydrogen-bond donors (Lipinski definition) is 0. The van der Waals surface area contributed by atoms with E-state index in [1.54, 1.807) is 6.42 Å². The van der Waals surface area contributed by atoms with Crippen LogP contribution in [0.15, 0.2) is 0 Å². The Kier molecular flexibility index (Phi) is 8.83. The highest BCUT2D eigenvalue weighted by Gasteiger charge is 2.34. The van der Waals surface area contributed by atoms with Crippen LogP contribution in [0.4, 0.5) is 0 Å². The van der Waals surface area contributed by atoms with Crippen molar-refractivity contribution in [3.8, 4) is 0 Å². The van der Waals surface area contributed by atoms with Gasteiger partial charge in [0.05, 0.1) is 0 Å². The van der Waals surface area contributed by atoms with Gasteiger partial charge >= 0.3 is 0 Å². The Balaban J connectivity index is 1.78. The third-order valence-electron chi connectivity index (χ3n) is 4.32. The van der Waals surface area contributed by atoms with Crippen LogP contribution in [0.3, 0.4) is 0 Å². The molecule has 0 aromatic carbocycles. The first-order chi connectivity index (χ1) is 8.38. The number of hydrogen-bond acceptors (Lipinski definition) is 0. The summed E-state index contributed by atoms with van der Waals surface area (Å²) in [7, 11) is 0. The molecular weight excluding hydrogens is 204 g/mol. The van der Waals surface area contributed by atoms with Crippen molar-refractivity contribution < 1.29 is 0 Å². The molecule has 0 heteroatoms. The van der Waals surface area contributed by atoms with Gasteiger partial charge in [-0.2, -0.15) is 0 Å². The molecule has 101 valence electrons. The third kappa shape index (κ3) is 7.84. The average molecular weight is 237 g/mol. The Bertz CT molecular complexity index is 161. The fourth-order valence-corrected chi connectivity index (χ4v) is 2.96. The van der Waals surface area contributed by atoms with Crippen LogP contribution in [0.2, 0.25) is 0 Å². The predicted molar refractivity (Wildman–Crippen MR) is 78.0 cm³/mol. The summed E-state index contributed by atoms with van der Waals surface area (Å²) in [5, 5.41) is 0. The van der Waals surface area contributed by atoms with E-state index in [2.05, 4.69) is 13.8 Å². The van der Waals surface area contributed by atoms with Gasteiger partial charge in [-0.05, 0) is 18.3 Å². The highest BCUT2D eigenvalue weighted by molar-refractivity contribution is 4.85. The van der Waals surface area contributed by atoms with Crippen LogP contribution in [-0.2, 0) is 0 Å². The van der Waals surface area contributed by atoms with Gasteiger partial charge in [0, 0.05) is 0 Å². The van der Waals surface area contributed by atoms with E-state index in [0.717, 1.165) is 18.3 Å². The lowest BCUT2D eigenvalue weighted by Gasteiger charge is -2.01. The molecule has 0 nitrogen and oxygen atoms in total. The molecule has 0 aliphatic heterocycles. The zero-order valence-corrected chi connectivity index (χ0v) is 12.1. The standard InChI is InChI=1S/C17H33/c1-3-5-7-9-10-12-14-17-15-16(17)13-11-8-6-4-2/h16-17H,2-15H2,1H3. The molecule has 17 heavy (non-hydrogen) atoms. The Hall–Kier alpha value is 0. The Labute approximate surface area is 110 Å². The van der Waals surface area contributed by atoms with E-state index in [1.807, 2.05) is 0 Å². The fourth-order valence-electron chi connectivity index (χ4n) is 2.96. The lowest BCUT2D eigenvalue weighted by Crippen LogP contribution is -1.86. The maximum absolute atomic E-state index is 3.90. The van der Waals surface area contributed by atoms with Crippen molar-refractivity contribution in [3.05, 3.63) is 6.92 Å². The van der Waals surface area contributed by atoms with Gasteiger partial charge in [0.15, 0.2) is 0 Å². The van der Waals surface area contributed by atoms with E-state index < -0.39 is 0 Å². The summed E-state index contributed by atoms with van der Waals surface area (Å²) in [5.74, 6) is 2.25. The molecule has 0 aromatic heterocycles. The van der Waals surface area contributed by atoms with Gasteiger partial charge < -0.3 is 0 Å². The normalized spacial score (nSPS) is 22.9. The van der Waals surface area contributed by atoms with Crippen molar-refractivity contribution in [2.24, 2.45) is 11.8 Å². The van der Waals surface area contributed by atoms with E-state index in [9.17, 15) is 0 Å². The van der Waals surface area contributed by atoms with Crippen molar-refractivity contribution >= 4 is 0 Å². The summed E-state index contributed by atoms with van der Waals surface area (Å²) < 4.78 is 0. The van der Waals surface area contributed by atoms with Crippen molar-refractivity contribution in [1.29, 1.82) is 0 Å². The number of unbranched alkanes of at least 4 members (excludes halogenated alkanes) is 8. The van der Waals surface area contributed by atoms with E-state index in [1.165, 1.54) is 70.6 Å². The lowest BCUT2D eigenvalue weighted by atomic mass is 10.0. The Morgan fingerprint density at radius 3 is 1.88 bits per heavy atom. The Morgan fingerprint density at radius 2 is 1.29 bits per heavy atom. The van der Waals surface area contributed by atoms with E-state index >= 15 is 0 Å². The largest absolute Gasteiger partial charge is 0.0654 e. The molecule has 1 saturated carbocycles. The van der Waals surface area contributed by atoms with Crippen LogP contribution in [0.5, 0.6) is 0 Å². The molecule has 1 radical (unpaired) electrons. The summed E-state index contributed by atoms with van der Waals surface area (Å²) in [6.07, 6.45) is 18.7. The summed E-state index contributed by atoms with van der Waals surface area (Å²) in [4.78, 5) is 0. The lowest BCUT2D eigenvalue weighted by molar-refractivity contribution is 0.522. The second-order valence-corrected chi connectivity index (χ2v) is 6.02. The molecule has 1 aliphatic rings. The van der Waals surface area contributed by atoms with E-state index in [4.69, 9.17) is 0 Å². The van der Waals surface area contributed by atoms with Crippen LogP contribution >= 0.6 is 0 Å². The quantitative estimate of drug-likeness (QED) is 0.357. The first-order valence-corrected chi connectivity index (χ1v) is 8.17. The minimum atomic E-state index is 1.12. The molecule has 1 rings (SSSR count). The zero-order chi connectivity index (χ0) is 12.3. The van der Waals surface area contributed by atoms with Gasteiger partial charge in [-0.1, -0.05) is 90.9 Å². The topological polar surface area (TPSA) is 0 Å². The second kappa shape index (κ2) is 9.97. The maximum Gasteiger partial charge on any atom is -0.0383 e. The third-order valence-corrected chi connectivity index (χ3v) is 4.32. The summed E-state index contributed by atoms with van der Waals surface area (Å²) >= 11 is 0. The molecule has 0 amide bonds. The van der Waals surface area contributed by atoms with Gasteiger partial charge in [-0.15, -0.1) is 0 Å². The smallest absolute Gasteiger partial charge is 0.0383 e. The summed E-state index contributed by atoms with van der Waals surface area (Å²) in [6.45, 7) is 6.20. The van der Waals surface area contributed by atoms with Gasteiger partial charge in [0.2, 0.25) is 0 Å². The first-order valence-electron chi connectivity index (χ1n) is 8.17. The SMILES string of the molecule is [CH2]CCCCCC1CC1CCCCCCCC. The molecule has 1 aliphatic carbocycles. The molecule has 0 heterocycles. The van der Waals surface area contributed by atoms with Crippen molar-refractivity contribution in [1.82, 2.24) is 0 Å². The van der Waals surface area contributed by atoms with Crippen LogP contribution in [0.1, 0.15) is 90.4 Å². The number of rotatable bonds is 12. The molecule has 0 aromatic rings. The van der Waals surface area contributed by atoms with Crippen LogP contribution in [0.25, 0.3) is 0 Å². The van der Waals surface area contributed by atoms with E-state index in [0.29, 0.717) is 0 Å². The van der Waals surface area contributed by atoms with Crippen LogP contribution < -0.4 is 0 Å². The maximum atomic E-state index is 3.90. The molecule has 0 saturated heterocycles. The zero-order valence-electron chi connectivity index (χ0n) is 12.1. The average Bonchev–Trinajstić information content (AvgIpc) is 3.08. The van der Waals surface area contributed by atoms with Crippen molar-refractivity contribution in [2.75, 3.05) is 0 Å². The predicted octanol–water partition coefficient (Wildman–Crippen LogP) is 6.16. The molecular formula is C17H33. The molecule has 2 unspecified atom stereocenters. The van der Waals surface area contributed by atoms with Gasteiger partial charge in [0.25, 0.3) is 0 Å². The second-order valence-electron chi connectivity index (χ2n) is 6.02. The molecule has 1 fully saturated rings. The minimum Gasteiger partial charge on any atom is -0.0654 e. The molecule has 0 spiro atoms. The van der Waals surface area contributed by atoms with E-state index in [-0.39, 0.29) is 0 Å². The van der Waals surface area contributed by atoms with Crippen LogP contribution in [0, 0.1) is 18.8 Å². The molecule has 2 atom stereocenters. The summed E-state index contributed by atoms with van der Waals surface area (Å²) in [5.41, 5.74) is 0. The van der Waals surface area contributed by atoms with Gasteiger partial charge in [-0.25, -0.2) is 0 Å². The minimum absolute atomic E-state index is 1.12. The van der Waals surface area contributed by atoms with Crippen molar-refractivity contribution in [3.63, 3.8) is 0 Å². The highest BCUT2D eigenvalue weighted by atomic mass is 14.4.